The van der Waals surface area contributed by atoms with Gasteiger partial charge in [-0.25, -0.2) is 0 Å². The van der Waals surface area contributed by atoms with Gasteiger partial charge in [-0.05, 0) is 37.8 Å². The minimum atomic E-state index is -0.751. The van der Waals surface area contributed by atoms with Gasteiger partial charge < -0.3 is 10.0 Å². The van der Waals surface area contributed by atoms with Gasteiger partial charge in [0.15, 0.2) is 0 Å². The van der Waals surface area contributed by atoms with Crippen LogP contribution in [0.2, 0.25) is 0 Å². The molecule has 1 aromatic carbocycles. The Morgan fingerprint density at radius 3 is 2.30 bits per heavy atom. The molecule has 0 aromatic heterocycles. The number of rotatable bonds is 5. The van der Waals surface area contributed by atoms with Crippen molar-refractivity contribution in [3.63, 3.8) is 0 Å². The van der Waals surface area contributed by atoms with Crippen LogP contribution in [0, 0.1) is 12.8 Å². The average molecular weight is 275 g/mol. The van der Waals surface area contributed by atoms with E-state index in [1.807, 2.05) is 17.0 Å². The van der Waals surface area contributed by atoms with Gasteiger partial charge in [-0.15, -0.1) is 0 Å². The predicted octanol–water partition coefficient (Wildman–Crippen LogP) is 3.86. The fourth-order valence-electron chi connectivity index (χ4n) is 3.04. The largest absolute Gasteiger partial charge is 0.480 e. The lowest BCUT2D eigenvalue weighted by atomic mass is 9.99. The smallest absolute Gasteiger partial charge is 0.323 e. The summed E-state index contributed by atoms with van der Waals surface area (Å²) < 4.78 is 0. The molecule has 1 N–H and O–H groups in total. The van der Waals surface area contributed by atoms with Crippen molar-refractivity contribution in [3.8, 4) is 0 Å². The van der Waals surface area contributed by atoms with Crippen molar-refractivity contribution < 1.29 is 9.90 Å². The summed E-state index contributed by atoms with van der Waals surface area (Å²) in [6, 6.07) is 8.18. The third-order valence-corrected chi connectivity index (χ3v) is 4.18. The monoisotopic (exact) mass is 275 g/mol. The molecule has 0 aliphatic heterocycles. The Morgan fingerprint density at radius 2 is 1.75 bits per heavy atom. The topological polar surface area (TPSA) is 40.5 Å². The van der Waals surface area contributed by atoms with Crippen molar-refractivity contribution >= 4 is 11.7 Å². The normalized spacial score (nSPS) is 16.6. The Hall–Kier alpha value is -1.51. The van der Waals surface area contributed by atoms with Gasteiger partial charge in [0.05, 0.1) is 0 Å². The van der Waals surface area contributed by atoms with Gasteiger partial charge in [0.25, 0.3) is 0 Å². The zero-order valence-corrected chi connectivity index (χ0v) is 12.3. The van der Waals surface area contributed by atoms with Crippen molar-refractivity contribution in [2.24, 2.45) is 5.92 Å². The van der Waals surface area contributed by atoms with Gasteiger partial charge in [0.1, 0.15) is 6.54 Å². The van der Waals surface area contributed by atoms with Gasteiger partial charge >= 0.3 is 5.97 Å². The lowest BCUT2D eigenvalue weighted by molar-refractivity contribution is -0.135. The zero-order valence-electron chi connectivity index (χ0n) is 12.3. The highest BCUT2D eigenvalue weighted by atomic mass is 16.4. The van der Waals surface area contributed by atoms with E-state index in [1.165, 1.54) is 44.1 Å². The van der Waals surface area contributed by atoms with Crippen LogP contribution in [0.1, 0.15) is 44.1 Å². The molecule has 0 unspecified atom stereocenters. The standard InChI is InChI=1S/C17H25NO2/c1-14-8-10-16(11-9-14)18(13-17(19)20)12-15-6-4-2-3-5-7-15/h8-11,15H,2-7,12-13H2,1H3,(H,19,20). The van der Waals surface area contributed by atoms with Crippen LogP contribution in [-0.4, -0.2) is 24.2 Å². The molecule has 3 heteroatoms. The fraction of sp³-hybridized carbons (Fsp3) is 0.588. The van der Waals surface area contributed by atoms with Crippen LogP contribution >= 0.6 is 0 Å². The molecule has 0 radical (unpaired) electrons. The molecular formula is C17H25NO2. The van der Waals surface area contributed by atoms with Gasteiger partial charge in [-0.2, -0.15) is 0 Å². The maximum absolute atomic E-state index is 11.1. The van der Waals surface area contributed by atoms with Crippen molar-refractivity contribution in [2.75, 3.05) is 18.0 Å². The van der Waals surface area contributed by atoms with E-state index < -0.39 is 5.97 Å². The van der Waals surface area contributed by atoms with Crippen LogP contribution in [0.4, 0.5) is 5.69 Å². The van der Waals surface area contributed by atoms with Gasteiger partial charge in [-0.3, -0.25) is 4.79 Å². The molecule has 0 amide bonds. The van der Waals surface area contributed by atoms with Crippen LogP contribution in [0.3, 0.4) is 0 Å². The Balaban J connectivity index is 2.06. The molecule has 0 bridgehead atoms. The molecule has 1 saturated carbocycles. The minimum Gasteiger partial charge on any atom is -0.480 e. The summed E-state index contributed by atoms with van der Waals surface area (Å²) in [5.41, 5.74) is 2.24. The number of aryl methyl sites for hydroxylation is 1. The van der Waals surface area contributed by atoms with Gasteiger partial charge in [0, 0.05) is 12.2 Å². The number of hydrogen-bond acceptors (Lipinski definition) is 2. The highest BCUT2D eigenvalue weighted by molar-refractivity contribution is 5.73. The van der Waals surface area contributed by atoms with E-state index in [0.717, 1.165) is 12.2 Å². The molecule has 1 aliphatic carbocycles. The number of carboxylic acid groups (broad SMARTS) is 1. The number of benzene rings is 1. The molecule has 0 saturated heterocycles. The number of nitrogens with zero attached hydrogens (tertiary/aromatic N) is 1. The number of carboxylic acids is 1. The van der Waals surface area contributed by atoms with Crippen LogP contribution in [-0.2, 0) is 4.79 Å². The third-order valence-electron chi connectivity index (χ3n) is 4.18. The zero-order chi connectivity index (χ0) is 14.4. The van der Waals surface area contributed by atoms with Crippen LogP contribution < -0.4 is 4.90 Å². The highest BCUT2D eigenvalue weighted by Crippen LogP contribution is 2.25. The molecule has 1 aromatic rings. The molecular weight excluding hydrogens is 250 g/mol. The molecule has 0 spiro atoms. The first-order valence-corrected chi connectivity index (χ1v) is 7.68. The molecule has 3 nitrogen and oxygen atoms in total. The van der Waals surface area contributed by atoms with E-state index in [2.05, 4.69) is 19.1 Å². The summed E-state index contributed by atoms with van der Waals surface area (Å²) >= 11 is 0. The first kappa shape index (κ1) is 14.9. The highest BCUT2D eigenvalue weighted by Gasteiger charge is 2.18. The first-order valence-electron chi connectivity index (χ1n) is 7.68. The SMILES string of the molecule is Cc1ccc(N(CC(=O)O)CC2CCCCCC2)cc1. The molecule has 110 valence electrons. The van der Waals surface area contributed by atoms with Crippen molar-refractivity contribution in [3.05, 3.63) is 29.8 Å². The minimum absolute atomic E-state index is 0.0968. The Bertz CT molecular complexity index is 419. The summed E-state index contributed by atoms with van der Waals surface area (Å²) in [6.45, 7) is 3.02. The second-order valence-corrected chi connectivity index (χ2v) is 5.97. The summed E-state index contributed by atoms with van der Waals surface area (Å²) in [5, 5.41) is 9.14. The van der Waals surface area contributed by atoms with E-state index in [1.54, 1.807) is 0 Å². The van der Waals surface area contributed by atoms with Crippen molar-refractivity contribution in [1.29, 1.82) is 0 Å². The number of hydrogen-bond donors (Lipinski definition) is 1. The van der Waals surface area contributed by atoms with E-state index in [4.69, 9.17) is 5.11 Å². The molecule has 1 fully saturated rings. The molecule has 1 aliphatic rings. The van der Waals surface area contributed by atoms with E-state index in [9.17, 15) is 4.79 Å². The number of anilines is 1. The van der Waals surface area contributed by atoms with Crippen LogP contribution in [0.15, 0.2) is 24.3 Å². The number of aliphatic carboxylic acids is 1. The van der Waals surface area contributed by atoms with E-state index in [-0.39, 0.29) is 6.54 Å². The molecule has 20 heavy (non-hydrogen) atoms. The molecule has 0 atom stereocenters. The maximum Gasteiger partial charge on any atom is 0.323 e. The third kappa shape index (κ3) is 4.55. The van der Waals surface area contributed by atoms with E-state index in [0.29, 0.717) is 5.92 Å². The van der Waals surface area contributed by atoms with Crippen LogP contribution in [0.5, 0.6) is 0 Å². The Morgan fingerprint density at radius 1 is 1.15 bits per heavy atom. The number of carbonyl (C=O) groups is 1. The average Bonchev–Trinajstić information content (AvgIpc) is 2.67. The quantitative estimate of drug-likeness (QED) is 0.830. The predicted molar refractivity (Wildman–Crippen MR) is 82.2 cm³/mol. The van der Waals surface area contributed by atoms with Gasteiger partial charge in [-0.1, -0.05) is 43.4 Å². The summed E-state index contributed by atoms with van der Waals surface area (Å²) in [7, 11) is 0. The Kier molecular flexibility index (Phi) is 5.45. The van der Waals surface area contributed by atoms with Crippen molar-refractivity contribution in [2.45, 2.75) is 45.4 Å². The second-order valence-electron chi connectivity index (χ2n) is 5.97. The first-order chi connectivity index (χ1) is 9.65. The van der Waals surface area contributed by atoms with E-state index >= 15 is 0 Å². The maximum atomic E-state index is 11.1. The van der Waals surface area contributed by atoms with Crippen molar-refractivity contribution in [1.82, 2.24) is 0 Å². The molecule has 2 rings (SSSR count). The van der Waals surface area contributed by atoms with Gasteiger partial charge in [0.2, 0.25) is 0 Å². The Labute approximate surface area is 121 Å². The summed E-state index contributed by atoms with van der Waals surface area (Å²) in [6.07, 6.45) is 7.73. The summed E-state index contributed by atoms with van der Waals surface area (Å²) in [4.78, 5) is 13.1. The lowest BCUT2D eigenvalue weighted by Gasteiger charge is -2.27. The lowest BCUT2D eigenvalue weighted by Crippen LogP contribution is -2.34. The second kappa shape index (κ2) is 7.32. The summed E-state index contributed by atoms with van der Waals surface area (Å²) in [5.74, 6) is -0.114. The molecule has 0 heterocycles. The fourth-order valence-corrected chi connectivity index (χ4v) is 3.04. The van der Waals surface area contributed by atoms with Crippen LogP contribution in [0.25, 0.3) is 0 Å².